The highest BCUT2D eigenvalue weighted by Gasteiger charge is 2.43. The normalized spacial score (nSPS) is 17.6. The zero-order valence-electron chi connectivity index (χ0n) is 26.9. The Labute approximate surface area is 278 Å². The van der Waals surface area contributed by atoms with Crippen LogP contribution in [0.1, 0.15) is 82.0 Å². The summed E-state index contributed by atoms with van der Waals surface area (Å²) in [5, 5.41) is 64.3. The highest BCUT2D eigenvalue weighted by Crippen LogP contribution is 2.52. The summed E-state index contributed by atoms with van der Waals surface area (Å²) in [6.45, 7) is 5.64. The van der Waals surface area contributed by atoms with Gasteiger partial charge in [0.25, 0.3) is 0 Å². The Morgan fingerprint density at radius 1 is 0.750 bits per heavy atom. The van der Waals surface area contributed by atoms with Crippen molar-refractivity contribution >= 4 is 17.6 Å². The fourth-order valence-electron chi connectivity index (χ4n) is 6.34. The number of hydrogen-bond acceptors (Lipinski definition) is 8. The molecule has 0 radical (unpaired) electrons. The molecule has 0 spiro atoms. The number of aromatic hydroxyl groups is 6. The van der Waals surface area contributed by atoms with Crippen LogP contribution in [0.5, 0.6) is 34.5 Å². The van der Waals surface area contributed by atoms with E-state index >= 15 is 0 Å². The maximum atomic E-state index is 14.7. The van der Waals surface area contributed by atoms with Gasteiger partial charge < -0.3 is 30.6 Å². The number of carbonyl (C=O) groups is 2. The molecule has 0 fully saturated rings. The Kier molecular flexibility index (Phi) is 9.75. The number of rotatable bonds is 9. The average molecular weight is 647 g/mol. The summed E-state index contributed by atoms with van der Waals surface area (Å²) in [6.07, 6.45) is 7.04. The van der Waals surface area contributed by atoms with Crippen molar-refractivity contribution in [2.24, 2.45) is 5.92 Å². The lowest BCUT2D eigenvalue weighted by atomic mass is 9.65. The predicted octanol–water partition coefficient (Wildman–Crippen LogP) is 8.04. The average Bonchev–Trinajstić information content (AvgIpc) is 3.04. The van der Waals surface area contributed by atoms with Crippen LogP contribution in [0.3, 0.4) is 0 Å². The molecular formula is C40H38O8. The van der Waals surface area contributed by atoms with Gasteiger partial charge in [-0.1, -0.05) is 53.6 Å². The summed E-state index contributed by atoms with van der Waals surface area (Å²) in [5.74, 6) is -4.66. The van der Waals surface area contributed by atoms with Crippen LogP contribution in [0.25, 0.3) is 6.08 Å². The van der Waals surface area contributed by atoms with E-state index in [2.05, 4.69) is 0 Å². The minimum absolute atomic E-state index is 0.0110. The Hall–Kier alpha value is -5.76. The standard InChI is InChI=1S/C40H38O8/c1-22(2)4-14-28-34(44)18-16-30(38(28)46)40(48)36-31(25-8-12-27(42)13-9-25)20-23(3)21-32(36)37-35(45)19-15-29(39(37)47)33(43)17-7-24-5-10-26(41)11-6-24/h4-13,15-19,21,31-32,36,41-42,44-47H,14,20H2,1-3H3. The number of allylic oxidation sites excluding steroid dienone is 5. The number of phenolic OH excluding ortho intramolecular Hbond substituents is 6. The van der Waals surface area contributed by atoms with Crippen molar-refractivity contribution in [3.63, 3.8) is 0 Å². The first-order valence-electron chi connectivity index (χ1n) is 15.6. The third-order valence-corrected chi connectivity index (χ3v) is 8.80. The van der Waals surface area contributed by atoms with Gasteiger partial charge in [0.1, 0.15) is 34.5 Å². The molecule has 246 valence electrons. The molecule has 3 unspecified atom stereocenters. The molecule has 1 aliphatic rings. The first kappa shape index (κ1) is 33.6. The molecule has 4 aromatic rings. The summed E-state index contributed by atoms with van der Waals surface area (Å²) in [5.41, 5.74) is 3.26. The molecule has 5 rings (SSSR count). The van der Waals surface area contributed by atoms with Gasteiger partial charge in [-0.2, -0.15) is 0 Å². The van der Waals surface area contributed by atoms with Crippen LogP contribution in [0.2, 0.25) is 0 Å². The first-order chi connectivity index (χ1) is 22.8. The van der Waals surface area contributed by atoms with Gasteiger partial charge in [0.05, 0.1) is 11.1 Å². The van der Waals surface area contributed by atoms with E-state index in [9.17, 15) is 40.2 Å². The lowest BCUT2D eigenvalue weighted by molar-refractivity contribution is 0.0877. The maximum absolute atomic E-state index is 14.7. The van der Waals surface area contributed by atoms with Gasteiger partial charge in [0.2, 0.25) is 0 Å². The summed E-state index contributed by atoms with van der Waals surface area (Å²) >= 11 is 0. The molecule has 0 saturated carbocycles. The van der Waals surface area contributed by atoms with Crippen LogP contribution in [0.15, 0.2) is 102 Å². The van der Waals surface area contributed by atoms with Gasteiger partial charge in [-0.15, -0.1) is 0 Å². The molecule has 0 amide bonds. The van der Waals surface area contributed by atoms with Crippen molar-refractivity contribution < 1.29 is 40.2 Å². The molecule has 0 bridgehead atoms. The lowest BCUT2D eigenvalue weighted by Crippen LogP contribution is -2.31. The van der Waals surface area contributed by atoms with Crippen LogP contribution >= 0.6 is 0 Å². The molecule has 0 saturated heterocycles. The Balaban J connectivity index is 1.65. The van der Waals surface area contributed by atoms with Crippen LogP contribution in [0, 0.1) is 5.92 Å². The number of ketones is 2. The van der Waals surface area contributed by atoms with Gasteiger partial charge >= 0.3 is 0 Å². The molecule has 1 aliphatic carbocycles. The van der Waals surface area contributed by atoms with E-state index in [0.29, 0.717) is 12.0 Å². The zero-order valence-corrected chi connectivity index (χ0v) is 26.9. The fraction of sp³-hybridized carbons (Fsp3) is 0.200. The minimum atomic E-state index is -0.986. The van der Waals surface area contributed by atoms with E-state index in [4.69, 9.17) is 0 Å². The van der Waals surface area contributed by atoms with Gasteiger partial charge in [0, 0.05) is 23.0 Å². The quantitative estimate of drug-likeness (QED) is 0.0606. The number of benzene rings is 4. The molecule has 0 aliphatic heterocycles. The number of hydrogen-bond donors (Lipinski definition) is 6. The van der Waals surface area contributed by atoms with E-state index in [-0.39, 0.29) is 57.4 Å². The summed E-state index contributed by atoms with van der Waals surface area (Å²) in [6, 6.07) is 18.0. The SMILES string of the molecule is CC(C)=CCc1c(O)ccc(C(=O)C2C(c3c(O)ccc(C(=O)C=Cc4ccc(O)cc4)c3O)C=C(C)CC2c2ccc(O)cc2)c1O. The summed E-state index contributed by atoms with van der Waals surface area (Å²) in [7, 11) is 0. The van der Waals surface area contributed by atoms with Crippen molar-refractivity contribution in [3.8, 4) is 34.5 Å². The molecule has 0 aromatic heterocycles. The molecule has 3 atom stereocenters. The second-order valence-corrected chi connectivity index (χ2v) is 12.5. The minimum Gasteiger partial charge on any atom is -0.508 e. The number of phenols is 6. The topological polar surface area (TPSA) is 156 Å². The van der Waals surface area contributed by atoms with Crippen molar-refractivity contribution in [2.75, 3.05) is 0 Å². The van der Waals surface area contributed by atoms with Crippen molar-refractivity contribution in [3.05, 3.63) is 136 Å². The van der Waals surface area contributed by atoms with Crippen LogP contribution in [0.4, 0.5) is 0 Å². The van der Waals surface area contributed by atoms with Crippen LogP contribution in [-0.4, -0.2) is 42.2 Å². The molecule has 4 aromatic carbocycles. The molecule has 8 heteroatoms. The molecule has 8 nitrogen and oxygen atoms in total. The predicted molar refractivity (Wildman–Crippen MR) is 184 cm³/mol. The lowest BCUT2D eigenvalue weighted by Gasteiger charge is -2.37. The van der Waals surface area contributed by atoms with E-state index in [1.807, 2.05) is 26.8 Å². The summed E-state index contributed by atoms with van der Waals surface area (Å²) < 4.78 is 0. The van der Waals surface area contributed by atoms with Gasteiger partial charge in [-0.3, -0.25) is 9.59 Å². The highest BCUT2D eigenvalue weighted by molar-refractivity contribution is 6.09. The Bertz CT molecular complexity index is 1940. The van der Waals surface area contributed by atoms with Crippen LogP contribution in [-0.2, 0) is 6.42 Å². The monoisotopic (exact) mass is 646 g/mol. The number of carbonyl (C=O) groups excluding carboxylic acids is 2. The van der Waals surface area contributed by atoms with Gasteiger partial charge in [-0.25, -0.2) is 0 Å². The maximum Gasteiger partial charge on any atom is 0.189 e. The van der Waals surface area contributed by atoms with Gasteiger partial charge in [0.15, 0.2) is 11.6 Å². The molecular weight excluding hydrogens is 608 g/mol. The van der Waals surface area contributed by atoms with E-state index < -0.39 is 35.1 Å². The van der Waals surface area contributed by atoms with Crippen LogP contribution < -0.4 is 0 Å². The van der Waals surface area contributed by atoms with Crippen molar-refractivity contribution in [1.29, 1.82) is 0 Å². The fourth-order valence-corrected chi connectivity index (χ4v) is 6.34. The Morgan fingerprint density at radius 2 is 1.35 bits per heavy atom. The second-order valence-electron chi connectivity index (χ2n) is 12.5. The third kappa shape index (κ3) is 6.98. The zero-order chi connectivity index (χ0) is 34.7. The van der Waals surface area contributed by atoms with E-state index in [0.717, 1.165) is 16.7 Å². The summed E-state index contributed by atoms with van der Waals surface area (Å²) in [4.78, 5) is 28.0. The van der Waals surface area contributed by atoms with E-state index in [1.165, 1.54) is 60.7 Å². The second kappa shape index (κ2) is 13.9. The molecule has 48 heavy (non-hydrogen) atoms. The molecule has 6 N–H and O–H groups in total. The third-order valence-electron chi connectivity index (χ3n) is 8.80. The van der Waals surface area contributed by atoms with Gasteiger partial charge in [-0.05, 0) is 105 Å². The number of Topliss-reactive ketones (excluding diaryl/α,β-unsaturated/α-hetero) is 1. The first-order valence-corrected chi connectivity index (χ1v) is 15.6. The Morgan fingerprint density at radius 3 is 2.00 bits per heavy atom. The van der Waals surface area contributed by atoms with Crippen molar-refractivity contribution in [2.45, 2.75) is 45.4 Å². The largest absolute Gasteiger partial charge is 0.508 e. The van der Waals surface area contributed by atoms with E-state index in [1.54, 1.807) is 30.3 Å². The van der Waals surface area contributed by atoms with Crippen molar-refractivity contribution in [1.82, 2.24) is 0 Å². The smallest absolute Gasteiger partial charge is 0.189 e. The molecule has 0 heterocycles. The highest BCUT2D eigenvalue weighted by atomic mass is 16.3.